The maximum Gasteiger partial charge on any atom is 0.165 e. The quantitative estimate of drug-likeness (QED) is 0.545. The summed E-state index contributed by atoms with van der Waals surface area (Å²) in [5.41, 5.74) is 2.21. The minimum absolute atomic E-state index is 0.0192. The van der Waals surface area contributed by atoms with Gasteiger partial charge in [0, 0.05) is 11.1 Å². The summed E-state index contributed by atoms with van der Waals surface area (Å²) in [7, 11) is 0. The minimum Gasteiger partial charge on any atom is -0.486 e. The van der Waals surface area contributed by atoms with E-state index in [1.54, 1.807) is 6.07 Å². The van der Waals surface area contributed by atoms with Crippen LogP contribution in [0.15, 0.2) is 60.7 Å². The van der Waals surface area contributed by atoms with Gasteiger partial charge in [0.2, 0.25) is 0 Å². The number of nitrogens with zero attached hydrogens (tertiary/aromatic N) is 1. The molecule has 0 bridgehead atoms. The highest BCUT2D eigenvalue weighted by molar-refractivity contribution is 5.79. The Morgan fingerprint density at radius 3 is 2.54 bits per heavy atom. The van der Waals surface area contributed by atoms with Crippen molar-refractivity contribution in [3.63, 3.8) is 0 Å². The third-order valence-corrected chi connectivity index (χ3v) is 3.99. The average molecular weight is 354 g/mol. The summed E-state index contributed by atoms with van der Waals surface area (Å²) in [6.07, 6.45) is 0. The van der Waals surface area contributed by atoms with Crippen LogP contribution in [0, 0.1) is 17.5 Å². The largest absolute Gasteiger partial charge is 0.486 e. The molecule has 1 heterocycles. The van der Waals surface area contributed by atoms with E-state index < -0.39 is 17.5 Å². The van der Waals surface area contributed by atoms with Crippen LogP contribution in [-0.4, -0.2) is 9.97 Å². The molecule has 1 N–H and O–H groups in total. The highest BCUT2D eigenvalue weighted by atomic mass is 19.1. The van der Waals surface area contributed by atoms with Crippen LogP contribution < -0.4 is 4.74 Å². The number of benzene rings is 3. The molecule has 130 valence electrons. The average Bonchev–Trinajstić information content (AvgIpc) is 3.07. The summed E-state index contributed by atoms with van der Waals surface area (Å²) in [5.74, 6) is -1.31. The second-order valence-electron chi connectivity index (χ2n) is 5.77. The Kier molecular flexibility index (Phi) is 4.08. The van der Waals surface area contributed by atoms with Crippen molar-refractivity contribution in [1.82, 2.24) is 9.97 Å². The fourth-order valence-corrected chi connectivity index (χ4v) is 2.66. The van der Waals surface area contributed by atoms with Gasteiger partial charge in [-0.05, 0) is 48.5 Å². The molecule has 0 aliphatic heterocycles. The zero-order valence-electron chi connectivity index (χ0n) is 13.5. The Labute approximate surface area is 147 Å². The number of rotatable bonds is 4. The van der Waals surface area contributed by atoms with Crippen LogP contribution in [-0.2, 0) is 6.61 Å². The number of aromatic amines is 1. The number of para-hydroxylation sites is 2. The fourth-order valence-electron chi connectivity index (χ4n) is 2.66. The maximum absolute atomic E-state index is 14.3. The lowest BCUT2D eigenvalue weighted by molar-refractivity contribution is 0.284. The van der Waals surface area contributed by atoms with Gasteiger partial charge >= 0.3 is 0 Å². The van der Waals surface area contributed by atoms with Crippen LogP contribution in [0.3, 0.4) is 0 Å². The van der Waals surface area contributed by atoms with Gasteiger partial charge in [0.25, 0.3) is 0 Å². The summed E-state index contributed by atoms with van der Waals surface area (Å²) in [6, 6.07) is 14.9. The number of hydrogen-bond acceptors (Lipinski definition) is 2. The number of fused-ring (bicyclic) bond motifs is 1. The first-order valence-corrected chi connectivity index (χ1v) is 7.91. The van der Waals surface area contributed by atoms with E-state index in [9.17, 15) is 13.2 Å². The lowest BCUT2D eigenvalue weighted by Gasteiger charge is -2.09. The Bertz CT molecular complexity index is 1060. The van der Waals surface area contributed by atoms with Crippen molar-refractivity contribution in [2.45, 2.75) is 6.61 Å². The monoisotopic (exact) mass is 354 g/mol. The lowest BCUT2D eigenvalue weighted by atomic mass is 10.2. The standard InChI is InChI=1S/C20H13F3N2O/c21-14-6-7-15(22)13(9-14)11-26-19-8-5-12(10-16(19)23)20-24-17-3-1-2-4-18(17)25-20/h1-10H,11H2,(H,24,25). The van der Waals surface area contributed by atoms with Crippen molar-refractivity contribution in [2.75, 3.05) is 0 Å². The Balaban J connectivity index is 1.56. The molecule has 0 saturated carbocycles. The third-order valence-electron chi connectivity index (χ3n) is 3.99. The van der Waals surface area contributed by atoms with Gasteiger partial charge in [0.05, 0.1) is 11.0 Å². The predicted molar refractivity (Wildman–Crippen MR) is 92.2 cm³/mol. The summed E-state index contributed by atoms with van der Waals surface area (Å²) in [4.78, 5) is 7.53. The van der Waals surface area contributed by atoms with Gasteiger partial charge < -0.3 is 9.72 Å². The Morgan fingerprint density at radius 1 is 0.885 bits per heavy atom. The summed E-state index contributed by atoms with van der Waals surface area (Å²) in [5, 5.41) is 0. The van der Waals surface area contributed by atoms with Crippen LogP contribution in [0.1, 0.15) is 5.56 Å². The molecular formula is C20H13F3N2O. The van der Waals surface area contributed by atoms with E-state index >= 15 is 0 Å². The van der Waals surface area contributed by atoms with Gasteiger partial charge in [0.15, 0.2) is 11.6 Å². The van der Waals surface area contributed by atoms with Gasteiger partial charge in [0.1, 0.15) is 24.1 Å². The second-order valence-corrected chi connectivity index (χ2v) is 5.77. The zero-order chi connectivity index (χ0) is 18.1. The number of ether oxygens (including phenoxy) is 1. The van der Waals surface area contributed by atoms with Gasteiger partial charge in [-0.2, -0.15) is 0 Å². The smallest absolute Gasteiger partial charge is 0.165 e. The number of aromatic nitrogens is 2. The van der Waals surface area contributed by atoms with Crippen LogP contribution in [0.5, 0.6) is 5.75 Å². The van der Waals surface area contributed by atoms with Crippen molar-refractivity contribution >= 4 is 11.0 Å². The Morgan fingerprint density at radius 2 is 1.73 bits per heavy atom. The normalized spacial score (nSPS) is 11.0. The third kappa shape index (κ3) is 3.13. The molecule has 6 heteroatoms. The second kappa shape index (κ2) is 6.55. The van der Waals surface area contributed by atoms with Crippen molar-refractivity contribution in [2.24, 2.45) is 0 Å². The molecule has 0 atom stereocenters. The van der Waals surface area contributed by atoms with E-state index in [0.29, 0.717) is 11.4 Å². The molecule has 1 aromatic heterocycles. The number of hydrogen-bond donors (Lipinski definition) is 1. The molecule has 0 radical (unpaired) electrons. The molecule has 3 nitrogen and oxygen atoms in total. The van der Waals surface area contributed by atoms with Crippen molar-refractivity contribution in [1.29, 1.82) is 0 Å². The number of H-pyrrole nitrogens is 1. The Hall–Kier alpha value is -3.28. The molecule has 4 aromatic rings. The molecule has 0 amide bonds. The minimum atomic E-state index is -0.611. The van der Waals surface area contributed by atoms with Crippen molar-refractivity contribution in [3.05, 3.63) is 83.7 Å². The molecule has 4 rings (SSSR count). The number of nitrogens with one attached hydrogen (secondary N) is 1. The highest BCUT2D eigenvalue weighted by Crippen LogP contribution is 2.26. The van der Waals surface area contributed by atoms with Gasteiger partial charge in [-0.1, -0.05) is 12.1 Å². The fraction of sp³-hybridized carbons (Fsp3) is 0.0500. The van der Waals surface area contributed by atoms with Gasteiger partial charge in [-0.15, -0.1) is 0 Å². The SMILES string of the molecule is Fc1ccc(F)c(COc2ccc(-c3nc4ccccc4[nH]3)cc2F)c1. The van der Waals surface area contributed by atoms with Crippen molar-refractivity contribution < 1.29 is 17.9 Å². The molecule has 0 unspecified atom stereocenters. The molecule has 0 fully saturated rings. The van der Waals surface area contributed by atoms with E-state index in [2.05, 4.69) is 9.97 Å². The summed E-state index contributed by atoms with van der Waals surface area (Å²) in [6.45, 7) is -0.273. The number of halogens is 3. The van der Waals surface area contributed by atoms with Gasteiger partial charge in [-0.3, -0.25) is 0 Å². The van der Waals surface area contributed by atoms with Gasteiger partial charge in [-0.25, -0.2) is 18.2 Å². The van der Waals surface area contributed by atoms with Crippen LogP contribution >= 0.6 is 0 Å². The molecule has 26 heavy (non-hydrogen) atoms. The van der Waals surface area contributed by atoms with Crippen LogP contribution in [0.4, 0.5) is 13.2 Å². The predicted octanol–water partition coefficient (Wildman–Crippen LogP) is 5.23. The number of imidazole rings is 1. The van der Waals surface area contributed by atoms with Crippen molar-refractivity contribution in [3.8, 4) is 17.1 Å². The van der Waals surface area contributed by atoms with E-state index in [1.165, 1.54) is 12.1 Å². The van der Waals surface area contributed by atoms with Crippen LogP contribution in [0.2, 0.25) is 0 Å². The lowest BCUT2D eigenvalue weighted by Crippen LogP contribution is -2.01. The molecule has 0 spiro atoms. The first-order valence-electron chi connectivity index (χ1n) is 7.91. The summed E-state index contributed by atoms with van der Waals surface area (Å²) < 4.78 is 46.4. The maximum atomic E-state index is 14.3. The van der Waals surface area contributed by atoms with E-state index in [4.69, 9.17) is 4.74 Å². The van der Waals surface area contributed by atoms with E-state index in [-0.39, 0.29) is 17.9 Å². The highest BCUT2D eigenvalue weighted by Gasteiger charge is 2.11. The first-order chi connectivity index (χ1) is 12.6. The molecule has 3 aromatic carbocycles. The zero-order valence-corrected chi connectivity index (χ0v) is 13.5. The first kappa shape index (κ1) is 16.2. The van der Waals surface area contributed by atoms with Crippen LogP contribution in [0.25, 0.3) is 22.4 Å². The molecular weight excluding hydrogens is 341 g/mol. The molecule has 0 saturated heterocycles. The van der Waals surface area contributed by atoms with E-state index in [0.717, 1.165) is 29.2 Å². The topological polar surface area (TPSA) is 37.9 Å². The van der Waals surface area contributed by atoms with E-state index in [1.807, 2.05) is 24.3 Å². The molecule has 0 aliphatic carbocycles. The summed E-state index contributed by atoms with van der Waals surface area (Å²) >= 11 is 0. The molecule has 0 aliphatic rings.